The predicted octanol–water partition coefficient (Wildman–Crippen LogP) is 1.08. The van der Waals surface area contributed by atoms with Gasteiger partial charge in [0.05, 0.1) is 0 Å². The molecule has 172 valence electrons. The van der Waals surface area contributed by atoms with Crippen molar-refractivity contribution in [2.75, 3.05) is 18.1 Å². The number of ether oxygens (including phenoxy) is 1. The molecular weight excluding hydrogens is 448 g/mol. The van der Waals surface area contributed by atoms with E-state index in [2.05, 4.69) is 0 Å². The van der Waals surface area contributed by atoms with Crippen molar-refractivity contribution in [3.63, 3.8) is 0 Å². The van der Waals surface area contributed by atoms with Crippen LogP contribution in [0.15, 0.2) is 53.4 Å². The lowest BCUT2D eigenvalue weighted by atomic mass is 10.2. The Morgan fingerprint density at radius 3 is 2.31 bits per heavy atom. The van der Waals surface area contributed by atoms with Crippen LogP contribution < -0.4 is 15.4 Å². The summed E-state index contributed by atoms with van der Waals surface area (Å²) in [4.78, 5) is 36.2. The molecule has 0 aliphatic heterocycles. The number of carbonyl (C=O) groups excluding carboxylic acids is 3. The van der Waals surface area contributed by atoms with Gasteiger partial charge in [0.1, 0.15) is 22.6 Å². The van der Waals surface area contributed by atoms with E-state index >= 15 is 0 Å². The lowest BCUT2D eigenvalue weighted by Gasteiger charge is -2.22. The van der Waals surface area contributed by atoms with Gasteiger partial charge >= 0.3 is 5.97 Å². The fourth-order valence-corrected chi connectivity index (χ4v) is 3.85. The molecule has 0 aromatic heterocycles. The van der Waals surface area contributed by atoms with Gasteiger partial charge in [-0.1, -0.05) is 12.1 Å². The average Bonchev–Trinajstić information content (AvgIpc) is 2.73. The SMILES string of the molecule is C[C@H](NS(=O)(=O)c1ccccc1F)C(=O)OCC(=O)N(CCC(N)=O)c1ccc(F)cc1. The number of amides is 2. The number of esters is 1. The molecule has 2 aromatic rings. The molecule has 0 saturated carbocycles. The summed E-state index contributed by atoms with van der Waals surface area (Å²) in [7, 11) is -4.36. The van der Waals surface area contributed by atoms with Crippen molar-refractivity contribution < 1.29 is 36.3 Å². The van der Waals surface area contributed by atoms with Gasteiger partial charge in [0, 0.05) is 18.7 Å². The molecule has 2 rings (SSSR count). The number of rotatable bonds is 10. The van der Waals surface area contributed by atoms with Crippen molar-refractivity contribution in [3.05, 3.63) is 60.2 Å². The van der Waals surface area contributed by atoms with Crippen LogP contribution in [0.4, 0.5) is 14.5 Å². The average molecular weight is 469 g/mol. The van der Waals surface area contributed by atoms with E-state index in [0.717, 1.165) is 36.1 Å². The zero-order chi connectivity index (χ0) is 23.9. The Balaban J connectivity index is 2.03. The maximum atomic E-state index is 13.8. The highest BCUT2D eigenvalue weighted by Crippen LogP contribution is 2.16. The largest absolute Gasteiger partial charge is 0.454 e. The first kappa shape index (κ1) is 24.9. The van der Waals surface area contributed by atoms with Crippen LogP contribution in [0, 0.1) is 11.6 Å². The molecule has 3 N–H and O–H groups in total. The number of halogens is 2. The van der Waals surface area contributed by atoms with Crippen molar-refractivity contribution >= 4 is 33.5 Å². The van der Waals surface area contributed by atoms with Gasteiger partial charge in [-0.05, 0) is 43.3 Å². The molecule has 1 atom stereocenters. The Bertz CT molecular complexity index is 1090. The molecule has 9 nitrogen and oxygen atoms in total. The van der Waals surface area contributed by atoms with Crippen LogP contribution in [-0.2, 0) is 29.1 Å². The van der Waals surface area contributed by atoms with Crippen LogP contribution in [0.5, 0.6) is 0 Å². The van der Waals surface area contributed by atoms with Gasteiger partial charge < -0.3 is 15.4 Å². The molecule has 2 amide bonds. The van der Waals surface area contributed by atoms with E-state index in [9.17, 15) is 31.6 Å². The highest BCUT2D eigenvalue weighted by Gasteiger charge is 2.26. The minimum absolute atomic E-state index is 0.146. The Hall–Kier alpha value is -3.38. The monoisotopic (exact) mass is 469 g/mol. The molecule has 0 radical (unpaired) electrons. The predicted molar refractivity (Wildman–Crippen MR) is 110 cm³/mol. The molecular formula is C20H21F2N3O6S. The number of nitrogens with two attached hydrogens (primary N) is 1. The Labute approximate surface area is 183 Å². The summed E-state index contributed by atoms with van der Waals surface area (Å²) in [6, 6.07) is 7.96. The van der Waals surface area contributed by atoms with Gasteiger partial charge in [-0.3, -0.25) is 14.4 Å². The number of nitrogens with zero attached hydrogens (tertiary/aromatic N) is 1. The molecule has 0 unspecified atom stereocenters. The highest BCUT2D eigenvalue weighted by atomic mass is 32.2. The molecule has 0 heterocycles. The fourth-order valence-electron chi connectivity index (χ4n) is 2.58. The molecule has 32 heavy (non-hydrogen) atoms. The van der Waals surface area contributed by atoms with Crippen LogP contribution in [-0.4, -0.2) is 45.4 Å². The standard InChI is InChI=1S/C20H21F2N3O6S/c1-13(24-32(29,30)17-5-3-2-4-16(17)22)20(28)31-12-19(27)25(11-10-18(23)26)15-8-6-14(21)7-9-15/h2-9,13,24H,10-12H2,1H3,(H2,23,26)/t13-/m0/s1. The molecule has 0 fully saturated rings. The van der Waals surface area contributed by atoms with Gasteiger partial charge in [0.15, 0.2) is 6.61 Å². The maximum absolute atomic E-state index is 13.8. The van der Waals surface area contributed by atoms with Crippen molar-refractivity contribution in [3.8, 4) is 0 Å². The van der Waals surface area contributed by atoms with Gasteiger partial charge in [-0.2, -0.15) is 4.72 Å². The summed E-state index contributed by atoms with van der Waals surface area (Å²) in [5.41, 5.74) is 5.35. The minimum Gasteiger partial charge on any atom is -0.454 e. The lowest BCUT2D eigenvalue weighted by molar-refractivity contribution is -0.149. The number of anilines is 1. The zero-order valence-electron chi connectivity index (χ0n) is 17.0. The van der Waals surface area contributed by atoms with Gasteiger partial charge in [-0.25, -0.2) is 17.2 Å². The van der Waals surface area contributed by atoms with Crippen molar-refractivity contribution in [2.24, 2.45) is 5.73 Å². The van der Waals surface area contributed by atoms with Crippen molar-refractivity contribution in [2.45, 2.75) is 24.3 Å². The van der Waals surface area contributed by atoms with Crippen molar-refractivity contribution in [1.29, 1.82) is 0 Å². The van der Waals surface area contributed by atoms with Crippen LogP contribution in [0.3, 0.4) is 0 Å². The second kappa shape index (κ2) is 10.8. The fraction of sp³-hybridized carbons (Fsp3) is 0.250. The van der Waals surface area contributed by atoms with E-state index in [1.165, 1.54) is 24.3 Å². The first-order valence-electron chi connectivity index (χ1n) is 9.29. The lowest BCUT2D eigenvalue weighted by Crippen LogP contribution is -2.42. The highest BCUT2D eigenvalue weighted by molar-refractivity contribution is 7.89. The summed E-state index contributed by atoms with van der Waals surface area (Å²) in [5, 5.41) is 0. The van der Waals surface area contributed by atoms with Crippen molar-refractivity contribution in [1.82, 2.24) is 4.72 Å². The van der Waals surface area contributed by atoms with Gasteiger partial charge in [-0.15, -0.1) is 0 Å². The van der Waals surface area contributed by atoms with E-state index in [0.29, 0.717) is 0 Å². The first-order valence-corrected chi connectivity index (χ1v) is 10.8. The third-order valence-electron chi connectivity index (χ3n) is 4.17. The summed E-state index contributed by atoms with van der Waals surface area (Å²) in [6.07, 6.45) is -0.199. The molecule has 2 aromatic carbocycles. The van der Waals surface area contributed by atoms with E-state index in [-0.39, 0.29) is 18.7 Å². The van der Waals surface area contributed by atoms with Gasteiger partial charge in [0.2, 0.25) is 15.9 Å². The Morgan fingerprint density at radius 2 is 1.72 bits per heavy atom. The number of hydrogen-bond acceptors (Lipinski definition) is 6. The van der Waals surface area contributed by atoms with Crippen LogP contribution in [0.2, 0.25) is 0 Å². The Morgan fingerprint density at radius 1 is 1.09 bits per heavy atom. The van der Waals surface area contributed by atoms with Crippen LogP contribution in [0.25, 0.3) is 0 Å². The second-order valence-electron chi connectivity index (χ2n) is 6.62. The number of primary amides is 1. The number of carbonyl (C=O) groups is 3. The zero-order valence-corrected chi connectivity index (χ0v) is 17.8. The van der Waals surface area contributed by atoms with Crippen LogP contribution in [0.1, 0.15) is 13.3 Å². The summed E-state index contributed by atoms with van der Waals surface area (Å²) in [5.74, 6) is -4.07. The number of hydrogen-bond donors (Lipinski definition) is 2. The summed E-state index contributed by atoms with van der Waals surface area (Å²) in [6.45, 7) is 0.226. The van der Waals surface area contributed by atoms with E-state index < -0.39 is 57.0 Å². The van der Waals surface area contributed by atoms with Crippen LogP contribution >= 0.6 is 0 Å². The number of sulfonamides is 1. The molecule has 0 aliphatic carbocycles. The first-order chi connectivity index (χ1) is 15.0. The maximum Gasteiger partial charge on any atom is 0.324 e. The third-order valence-corrected chi connectivity index (χ3v) is 5.74. The van der Waals surface area contributed by atoms with Gasteiger partial charge in [0.25, 0.3) is 5.91 Å². The van der Waals surface area contributed by atoms with E-state index in [1.54, 1.807) is 0 Å². The summed E-state index contributed by atoms with van der Waals surface area (Å²) >= 11 is 0. The number of nitrogens with one attached hydrogen (secondary N) is 1. The molecule has 0 spiro atoms. The van der Waals surface area contributed by atoms with E-state index in [1.807, 2.05) is 4.72 Å². The smallest absolute Gasteiger partial charge is 0.324 e. The van der Waals surface area contributed by atoms with E-state index in [4.69, 9.17) is 10.5 Å². The second-order valence-corrected chi connectivity index (χ2v) is 8.30. The minimum atomic E-state index is -4.36. The third kappa shape index (κ3) is 6.82. The quantitative estimate of drug-likeness (QED) is 0.500. The molecule has 12 heteroatoms. The molecule has 0 saturated heterocycles. The normalized spacial score (nSPS) is 12.1. The molecule has 0 aliphatic rings. The Kier molecular flexibility index (Phi) is 8.38. The summed E-state index contributed by atoms with van der Waals surface area (Å²) < 4.78 is 58.3. The molecule has 0 bridgehead atoms. The number of benzene rings is 2. The topological polar surface area (TPSA) is 136 Å².